The fourth-order valence-electron chi connectivity index (χ4n) is 3.05. The zero-order chi connectivity index (χ0) is 12.0. The summed E-state index contributed by atoms with van der Waals surface area (Å²) in [5.74, 6) is 0. The molecule has 17 heavy (non-hydrogen) atoms. The summed E-state index contributed by atoms with van der Waals surface area (Å²) >= 11 is 0. The van der Waals surface area contributed by atoms with Gasteiger partial charge in [0.15, 0.2) is 0 Å². The molecule has 1 fully saturated rings. The number of hydrogen-bond donors (Lipinski definition) is 1. The lowest BCUT2D eigenvalue weighted by Gasteiger charge is -2.28. The van der Waals surface area contributed by atoms with Crippen molar-refractivity contribution in [3.63, 3.8) is 0 Å². The van der Waals surface area contributed by atoms with Crippen molar-refractivity contribution in [3.05, 3.63) is 29.8 Å². The molecule has 1 saturated heterocycles. The lowest BCUT2D eigenvalue weighted by molar-refractivity contribution is 0.121. The van der Waals surface area contributed by atoms with Crippen LogP contribution in [0.3, 0.4) is 0 Å². The van der Waals surface area contributed by atoms with Crippen LogP contribution in [-0.2, 0) is 10.1 Å². The smallest absolute Gasteiger partial charge is 0.411 e. The van der Waals surface area contributed by atoms with Crippen molar-refractivity contribution in [2.75, 3.05) is 19.0 Å². The molecule has 1 aromatic carbocycles. The van der Waals surface area contributed by atoms with Gasteiger partial charge in [-0.1, -0.05) is 18.2 Å². The SMILES string of the molecule is B[C@]12CCN(C(=O)OC)C1Nc1ccccc12. The second-order valence-electron chi connectivity index (χ2n) is 4.92. The van der Waals surface area contributed by atoms with Crippen LogP contribution in [0.25, 0.3) is 0 Å². The van der Waals surface area contributed by atoms with E-state index in [1.807, 2.05) is 6.07 Å². The second-order valence-corrected chi connectivity index (χ2v) is 4.92. The van der Waals surface area contributed by atoms with Crippen LogP contribution in [0.15, 0.2) is 24.3 Å². The quantitative estimate of drug-likeness (QED) is 0.668. The molecule has 0 bridgehead atoms. The van der Waals surface area contributed by atoms with E-state index in [0.29, 0.717) is 0 Å². The topological polar surface area (TPSA) is 41.6 Å². The lowest BCUT2D eigenvalue weighted by atomic mass is 9.63. The molecule has 0 spiro atoms. The van der Waals surface area contributed by atoms with Crippen molar-refractivity contribution in [1.29, 1.82) is 0 Å². The first-order valence-corrected chi connectivity index (χ1v) is 5.87. The third-order valence-electron chi connectivity index (χ3n) is 4.03. The number of para-hydroxylation sites is 1. The van der Waals surface area contributed by atoms with Gasteiger partial charge in [0.25, 0.3) is 0 Å². The first-order chi connectivity index (χ1) is 8.16. The molecule has 0 aliphatic carbocycles. The van der Waals surface area contributed by atoms with Gasteiger partial charge in [-0.15, -0.1) is 0 Å². The number of anilines is 1. The molecule has 0 aromatic heterocycles. The summed E-state index contributed by atoms with van der Waals surface area (Å²) in [4.78, 5) is 13.5. The van der Waals surface area contributed by atoms with Gasteiger partial charge in [0.1, 0.15) is 14.0 Å². The minimum absolute atomic E-state index is 0.00475. The molecule has 2 aliphatic heterocycles. The monoisotopic (exact) mass is 230 g/mol. The average Bonchev–Trinajstić information content (AvgIpc) is 2.81. The largest absolute Gasteiger partial charge is 0.453 e. The highest BCUT2D eigenvalue weighted by Crippen LogP contribution is 2.46. The minimum Gasteiger partial charge on any atom is -0.453 e. The van der Waals surface area contributed by atoms with Crippen molar-refractivity contribution < 1.29 is 9.53 Å². The molecule has 88 valence electrons. The maximum atomic E-state index is 11.7. The van der Waals surface area contributed by atoms with Gasteiger partial charge < -0.3 is 10.1 Å². The van der Waals surface area contributed by atoms with Crippen LogP contribution in [0.1, 0.15) is 12.0 Å². The number of ether oxygens (including phenoxy) is 1. The van der Waals surface area contributed by atoms with E-state index < -0.39 is 0 Å². The normalized spacial score (nSPS) is 29.5. The number of likely N-dealkylation sites (tertiary alicyclic amines) is 1. The molecular weight excluding hydrogens is 215 g/mol. The number of nitrogens with zero attached hydrogens (tertiary/aromatic N) is 1. The predicted molar refractivity (Wildman–Crippen MR) is 67.8 cm³/mol. The molecule has 1 unspecified atom stereocenters. The standard InChI is InChI=1S/C12H15BN2O2/c1-17-11(16)15-7-6-12(13)8-4-2-3-5-9(8)14-10(12)15/h2-5,10,14H,6-7,13H2,1H3/t10?,12-/m0/s1. The summed E-state index contributed by atoms with van der Waals surface area (Å²) in [5, 5.41) is 3.43. The van der Waals surface area contributed by atoms with Crippen LogP contribution in [0.2, 0.25) is 0 Å². The van der Waals surface area contributed by atoms with Crippen molar-refractivity contribution >= 4 is 19.6 Å². The Hall–Kier alpha value is -1.65. The average molecular weight is 230 g/mol. The van der Waals surface area contributed by atoms with Crippen molar-refractivity contribution in [1.82, 2.24) is 4.90 Å². The van der Waals surface area contributed by atoms with Gasteiger partial charge in [0, 0.05) is 17.5 Å². The molecule has 1 amide bonds. The van der Waals surface area contributed by atoms with Crippen LogP contribution in [-0.4, -0.2) is 38.7 Å². The van der Waals surface area contributed by atoms with Gasteiger partial charge in [-0.3, -0.25) is 4.90 Å². The van der Waals surface area contributed by atoms with Crippen molar-refractivity contribution in [2.45, 2.75) is 17.9 Å². The Morgan fingerprint density at radius 1 is 1.59 bits per heavy atom. The number of carbonyl (C=O) groups is 1. The minimum atomic E-state index is -0.251. The van der Waals surface area contributed by atoms with Gasteiger partial charge in [0.2, 0.25) is 0 Å². The van der Waals surface area contributed by atoms with Gasteiger partial charge in [0.05, 0.1) is 7.11 Å². The van der Waals surface area contributed by atoms with E-state index in [4.69, 9.17) is 4.74 Å². The number of rotatable bonds is 0. The van der Waals surface area contributed by atoms with Crippen LogP contribution in [0, 0.1) is 0 Å². The lowest BCUT2D eigenvalue weighted by Crippen LogP contribution is -2.46. The molecule has 3 rings (SSSR count). The third-order valence-corrected chi connectivity index (χ3v) is 4.03. The number of fused-ring (bicyclic) bond motifs is 3. The summed E-state index contributed by atoms with van der Waals surface area (Å²) in [7, 11) is 3.64. The Labute approximate surface area is 101 Å². The summed E-state index contributed by atoms with van der Waals surface area (Å²) in [6.45, 7) is 0.745. The van der Waals surface area contributed by atoms with E-state index in [2.05, 4.69) is 31.4 Å². The molecule has 2 aliphatic rings. The highest BCUT2D eigenvalue weighted by Gasteiger charge is 2.51. The highest BCUT2D eigenvalue weighted by molar-refractivity contribution is 6.18. The summed E-state index contributed by atoms with van der Waals surface area (Å²) in [6, 6.07) is 8.27. The van der Waals surface area contributed by atoms with Crippen molar-refractivity contribution in [2.24, 2.45) is 0 Å². The predicted octanol–water partition coefficient (Wildman–Crippen LogP) is 0.739. The maximum Gasteiger partial charge on any atom is 0.411 e. The van der Waals surface area contributed by atoms with Crippen LogP contribution in [0.4, 0.5) is 10.5 Å². The van der Waals surface area contributed by atoms with E-state index >= 15 is 0 Å². The van der Waals surface area contributed by atoms with Crippen LogP contribution >= 0.6 is 0 Å². The summed E-state index contributed by atoms with van der Waals surface area (Å²) in [6.07, 6.45) is 0.739. The van der Waals surface area contributed by atoms with E-state index in [-0.39, 0.29) is 17.6 Å². The molecular formula is C12H15BN2O2. The molecule has 1 aromatic rings. The zero-order valence-electron chi connectivity index (χ0n) is 10.1. The molecule has 0 radical (unpaired) electrons. The zero-order valence-corrected chi connectivity index (χ0v) is 10.1. The second kappa shape index (κ2) is 3.42. The first kappa shape index (κ1) is 10.5. The van der Waals surface area contributed by atoms with Crippen LogP contribution in [0.5, 0.6) is 0 Å². The van der Waals surface area contributed by atoms with E-state index in [1.165, 1.54) is 12.7 Å². The summed E-state index contributed by atoms with van der Waals surface area (Å²) in [5.41, 5.74) is 2.44. The molecule has 4 nitrogen and oxygen atoms in total. The van der Waals surface area contributed by atoms with Gasteiger partial charge in [-0.25, -0.2) is 4.79 Å². The number of hydrogen-bond acceptors (Lipinski definition) is 3. The fraction of sp³-hybridized carbons (Fsp3) is 0.417. The Morgan fingerprint density at radius 2 is 2.35 bits per heavy atom. The van der Waals surface area contributed by atoms with Gasteiger partial charge >= 0.3 is 6.09 Å². The molecule has 2 atom stereocenters. The fourth-order valence-corrected chi connectivity index (χ4v) is 3.05. The number of benzene rings is 1. The highest BCUT2D eigenvalue weighted by atomic mass is 16.5. The number of carbonyl (C=O) groups excluding carboxylic acids is 1. The number of nitrogens with one attached hydrogen (secondary N) is 1. The molecule has 0 saturated carbocycles. The third kappa shape index (κ3) is 1.28. The van der Waals surface area contributed by atoms with Gasteiger partial charge in [-0.05, 0) is 18.1 Å². The Kier molecular flexibility index (Phi) is 2.11. The number of amides is 1. The Morgan fingerprint density at radius 3 is 3.12 bits per heavy atom. The maximum absolute atomic E-state index is 11.7. The van der Waals surface area contributed by atoms with E-state index in [1.54, 1.807) is 4.90 Å². The van der Waals surface area contributed by atoms with Crippen molar-refractivity contribution in [3.8, 4) is 0 Å². The van der Waals surface area contributed by atoms with Gasteiger partial charge in [-0.2, -0.15) is 0 Å². The van der Waals surface area contributed by atoms with E-state index in [9.17, 15) is 4.79 Å². The summed E-state index contributed by atoms with van der Waals surface area (Å²) < 4.78 is 4.83. The first-order valence-electron chi connectivity index (χ1n) is 5.87. The molecule has 2 heterocycles. The molecule has 1 N–H and O–H groups in total. The Bertz CT molecular complexity index is 479. The van der Waals surface area contributed by atoms with Crippen LogP contribution < -0.4 is 5.32 Å². The molecule has 5 heteroatoms. The number of methoxy groups -OCH3 is 1. The Balaban J connectivity index is 2.00. The van der Waals surface area contributed by atoms with E-state index in [0.717, 1.165) is 18.7 Å².